The van der Waals surface area contributed by atoms with E-state index in [4.69, 9.17) is 9.97 Å². The first-order chi connectivity index (χ1) is 13.7. The summed E-state index contributed by atoms with van der Waals surface area (Å²) in [5.74, 6) is 3.60. The molecule has 0 radical (unpaired) electrons. The largest absolute Gasteiger partial charge is 0.353 e. The van der Waals surface area contributed by atoms with Gasteiger partial charge in [-0.1, -0.05) is 6.92 Å². The highest BCUT2D eigenvalue weighted by Gasteiger charge is 2.25. The van der Waals surface area contributed by atoms with E-state index in [1.807, 2.05) is 0 Å². The maximum Gasteiger partial charge on any atom is 0.228 e. The van der Waals surface area contributed by atoms with E-state index in [-0.39, 0.29) is 0 Å². The molecule has 0 aromatic carbocycles. The summed E-state index contributed by atoms with van der Waals surface area (Å²) in [4.78, 5) is 35.6. The molecule has 9 nitrogen and oxygen atoms in total. The molecule has 1 amide bonds. The van der Waals surface area contributed by atoms with E-state index in [0.29, 0.717) is 56.7 Å². The zero-order chi connectivity index (χ0) is 19.5. The summed E-state index contributed by atoms with van der Waals surface area (Å²) in [5, 5.41) is 0.851. The van der Waals surface area contributed by atoms with Gasteiger partial charge in [0, 0.05) is 61.6 Å². The van der Waals surface area contributed by atoms with Gasteiger partial charge in [0.2, 0.25) is 12.4 Å². The van der Waals surface area contributed by atoms with Crippen LogP contribution in [0.25, 0.3) is 11.0 Å². The lowest BCUT2D eigenvalue weighted by molar-refractivity contribution is -0.118. The van der Waals surface area contributed by atoms with Gasteiger partial charge in [-0.2, -0.15) is 4.98 Å². The maximum absolute atomic E-state index is 11.8. The molecule has 150 valence electrons. The average molecular weight is 422 g/mol. The Kier molecular flexibility index (Phi) is 5.90. The van der Waals surface area contributed by atoms with Crippen LogP contribution in [0.4, 0.5) is 11.8 Å². The minimum absolute atomic E-state index is 0.639. The van der Waals surface area contributed by atoms with Crippen LogP contribution in [-0.2, 0) is 15.6 Å². The predicted molar refractivity (Wildman–Crippen MR) is 111 cm³/mol. The van der Waals surface area contributed by atoms with Gasteiger partial charge < -0.3 is 14.7 Å². The maximum atomic E-state index is 11.8. The average Bonchev–Trinajstić information content (AvgIpc) is 2.74. The van der Waals surface area contributed by atoms with Gasteiger partial charge in [-0.25, -0.2) is 15.0 Å². The molecule has 2 aliphatic rings. The summed E-state index contributed by atoms with van der Waals surface area (Å²) in [6.07, 6.45) is 2.46. The first-order valence-corrected chi connectivity index (χ1v) is 11.9. The van der Waals surface area contributed by atoms with Gasteiger partial charge in [0.15, 0.2) is 5.82 Å². The Labute approximate surface area is 170 Å². The van der Waals surface area contributed by atoms with Crippen LogP contribution in [0.15, 0.2) is 11.4 Å². The lowest BCUT2D eigenvalue weighted by Gasteiger charge is -2.34. The van der Waals surface area contributed by atoms with Gasteiger partial charge in [-0.3, -0.25) is 9.00 Å². The third-order valence-corrected chi connectivity index (χ3v) is 7.06. The van der Waals surface area contributed by atoms with E-state index < -0.39 is 10.8 Å². The molecule has 2 aliphatic heterocycles. The number of anilines is 2. The van der Waals surface area contributed by atoms with Crippen molar-refractivity contribution in [3.05, 3.63) is 6.33 Å². The van der Waals surface area contributed by atoms with E-state index in [1.54, 1.807) is 23.0 Å². The second-order valence-electron chi connectivity index (χ2n) is 6.62. The Bertz CT molecular complexity index is 879. The molecular formula is C17H23N7O2S2. The highest BCUT2D eigenvalue weighted by Crippen LogP contribution is 2.31. The summed E-state index contributed by atoms with van der Waals surface area (Å²) in [6, 6.07) is 0. The summed E-state index contributed by atoms with van der Waals surface area (Å²) in [7, 11) is -0.762. The van der Waals surface area contributed by atoms with Crippen LogP contribution in [0.2, 0.25) is 0 Å². The molecule has 4 heterocycles. The Morgan fingerprint density at radius 3 is 2.46 bits per heavy atom. The number of rotatable bonds is 5. The van der Waals surface area contributed by atoms with Crippen molar-refractivity contribution in [3.8, 4) is 0 Å². The number of carbonyl (C=O) groups excluding carboxylic acids is 1. The molecule has 4 rings (SSSR count). The number of aromatic nitrogens is 4. The SMILES string of the molecule is CCSc1ncnc2c(N3CCS(=O)CC3)nc(N3CCN(C=O)CC3)nc12. The number of hydrogen-bond acceptors (Lipinski definition) is 9. The molecule has 2 saturated heterocycles. The number of thioether (sulfide) groups is 1. The highest BCUT2D eigenvalue weighted by molar-refractivity contribution is 7.99. The van der Waals surface area contributed by atoms with Crippen LogP contribution >= 0.6 is 11.8 Å². The number of hydrogen-bond donors (Lipinski definition) is 0. The van der Waals surface area contributed by atoms with Crippen LogP contribution < -0.4 is 9.80 Å². The van der Waals surface area contributed by atoms with Gasteiger partial charge in [-0.15, -0.1) is 11.8 Å². The normalized spacial score (nSPS) is 18.7. The Balaban J connectivity index is 1.76. The van der Waals surface area contributed by atoms with Crippen molar-refractivity contribution in [2.75, 3.05) is 66.3 Å². The van der Waals surface area contributed by atoms with Gasteiger partial charge >= 0.3 is 0 Å². The minimum atomic E-state index is -0.762. The van der Waals surface area contributed by atoms with Gasteiger partial charge in [0.05, 0.1) is 0 Å². The number of nitrogens with zero attached hydrogens (tertiary/aromatic N) is 7. The zero-order valence-electron chi connectivity index (χ0n) is 15.8. The second kappa shape index (κ2) is 8.56. The topological polar surface area (TPSA) is 95.4 Å². The highest BCUT2D eigenvalue weighted by atomic mass is 32.2. The van der Waals surface area contributed by atoms with E-state index in [1.165, 1.54) is 0 Å². The fraction of sp³-hybridized carbons (Fsp3) is 0.588. The Morgan fingerprint density at radius 2 is 1.79 bits per heavy atom. The van der Waals surface area contributed by atoms with Gasteiger partial charge in [-0.05, 0) is 5.75 Å². The molecule has 0 saturated carbocycles. The van der Waals surface area contributed by atoms with Crippen LogP contribution in [0.3, 0.4) is 0 Å². The quantitative estimate of drug-likeness (QED) is 0.386. The monoisotopic (exact) mass is 421 g/mol. The van der Waals surface area contributed by atoms with E-state index in [0.717, 1.165) is 34.0 Å². The van der Waals surface area contributed by atoms with E-state index >= 15 is 0 Å². The molecule has 0 bridgehead atoms. The van der Waals surface area contributed by atoms with E-state index in [9.17, 15) is 9.00 Å². The summed E-state index contributed by atoms with van der Waals surface area (Å²) >= 11 is 1.64. The molecule has 0 aliphatic carbocycles. The van der Waals surface area contributed by atoms with Crippen molar-refractivity contribution in [2.45, 2.75) is 11.9 Å². The molecule has 2 aromatic heterocycles. The summed E-state index contributed by atoms with van der Waals surface area (Å²) < 4.78 is 11.8. The molecule has 0 unspecified atom stereocenters. The molecule has 0 N–H and O–H groups in total. The van der Waals surface area contributed by atoms with Crippen LogP contribution in [0.1, 0.15) is 6.92 Å². The number of fused-ring (bicyclic) bond motifs is 1. The molecule has 0 spiro atoms. The zero-order valence-corrected chi connectivity index (χ0v) is 17.4. The first kappa shape index (κ1) is 19.3. The number of piperazine rings is 1. The molecule has 28 heavy (non-hydrogen) atoms. The van der Waals surface area contributed by atoms with Crippen molar-refractivity contribution in [1.29, 1.82) is 0 Å². The molecular weight excluding hydrogens is 398 g/mol. The number of carbonyl (C=O) groups is 1. The van der Waals surface area contributed by atoms with Crippen molar-refractivity contribution >= 4 is 51.8 Å². The van der Waals surface area contributed by atoms with Crippen molar-refractivity contribution in [2.24, 2.45) is 0 Å². The molecule has 0 atom stereocenters. The summed E-state index contributed by atoms with van der Waals surface area (Å²) in [6.45, 7) is 6.17. The van der Waals surface area contributed by atoms with Crippen LogP contribution in [0, 0.1) is 0 Å². The van der Waals surface area contributed by atoms with Gasteiger partial charge in [0.1, 0.15) is 22.4 Å². The standard InChI is InChI=1S/C17H23N7O2S2/c1-2-27-16-14-13(18-11-19-16)15(23-7-9-28(26)10-8-23)21-17(20-14)24-5-3-22(12-25)4-6-24/h11-12H,2-10H2,1H3. The van der Waals surface area contributed by atoms with E-state index in [2.05, 4.69) is 26.7 Å². The number of amides is 1. The lowest BCUT2D eigenvalue weighted by Crippen LogP contribution is -2.46. The fourth-order valence-corrected chi connectivity index (χ4v) is 5.11. The second-order valence-corrected chi connectivity index (χ2v) is 9.57. The summed E-state index contributed by atoms with van der Waals surface area (Å²) in [5.41, 5.74) is 1.51. The third-order valence-electron chi connectivity index (χ3n) is 4.92. The third kappa shape index (κ3) is 3.90. The lowest BCUT2D eigenvalue weighted by atomic mass is 10.3. The minimum Gasteiger partial charge on any atom is -0.353 e. The molecule has 2 fully saturated rings. The Morgan fingerprint density at radius 1 is 1.04 bits per heavy atom. The van der Waals surface area contributed by atoms with Crippen molar-refractivity contribution in [1.82, 2.24) is 24.8 Å². The Hall–Kier alpha value is -2.01. The van der Waals surface area contributed by atoms with Crippen molar-refractivity contribution in [3.63, 3.8) is 0 Å². The van der Waals surface area contributed by atoms with Crippen LogP contribution in [0.5, 0.6) is 0 Å². The fourth-order valence-electron chi connectivity index (χ4n) is 3.38. The molecule has 11 heteroatoms. The smallest absolute Gasteiger partial charge is 0.228 e. The van der Waals surface area contributed by atoms with Gasteiger partial charge in [0.25, 0.3) is 0 Å². The predicted octanol–water partition coefficient (Wildman–Crippen LogP) is 0.379. The van der Waals surface area contributed by atoms with Crippen LogP contribution in [-0.4, -0.2) is 92.0 Å². The first-order valence-electron chi connectivity index (χ1n) is 9.39. The van der Waals surface area contributed by atoms with Crippen molar-refractivity contribution < 1.29 is 9.00 Å². The molecule has 2 aromatic rings.